The van der Waals surface area contributed by atoms with E-state index in [0.29, 0.717) is 52.2 Å². The molecule has 29 heavy (non-hydrogen) atoms. The van der Waals surface area contributed by atoms with Crippen molar-refractivity contribution in [2.75, 3.05) is 25.2 Å². The molecule has 1 fully saturated rings. The minimum atomic E-state index is -0.652. The monoisotopic (exact) mass is 410 g/mol. The summed E-state index contributed by atoms with van der Waals surface area (Å²) < 4.78 is 16.6. The van der Waals surface area contributed by atoms with Gasteiger partial charge in [0.05, 0.1) is 37.0 Å². The zero-order valence-corrected chi connectivity index (χ0v) is 16.1. The molecule has 0 spiro atoms. The van der Waals surface area contributed by atoms with Crippen LogP contribution in [0.15, 0.2) is 42.5 Å². The van der Waals surface area contributed by atoms with Crippen molar-refractivity contribution >= 4 is 40.0 Å². The van der Waals surface area contributed by atoms with E-state index in [9.17, 15) is 9.59 Å². The summed E-state index contributed by atoms with van der Waals surface area (Å²) in [6.45, 7) is 0.894. The average Bonchev–Trinajstić information content (AvgIpc) is 3.35. The van der Waals surface area contributed by atoms with Crippen molar-refractivity contribution in [3.63, 3.8) is 0 Å². The summed E-state index contributed by atoms with van der Waals surface area (Å²) in [4.78, 5) is 31.7. The molecule has 3 aromatic rings. The Morgan fingerprint density at radius 3 is 2.34 bits per heavy atom. The highest BCUT2D eigenvalue weighted by atomic mass is 35.5. The Hall–Kier alpha value is -3.00. The van der Waals surface area contributed by atoms with E-state index in [2.05, 4.69) is 4.98 Å². The number of ether oxygens (including phenoxy) is 3. The van der Waals surface area contributed by atoms with Crippen LogP contribution in [0.2, 0.25) is 5.15 Å². The van der Waals surface area contributed by atoms with Crippen LogP contribution in [0.1, 0.15) is 32.6 Å². The van der Waals surface area contributed by atoms with Gasteiger partial charge in [0.1, 0.15) is 16.6 Å². The van der Waals surface area contributed by atoms with Gasteiger partial charge in [-0.2, -0.15) is 0 Å². The van der Waals surface area contributed by atoms with E-state index in [1.807, 2.05) is 0 Å². The minimum Gasteiger partial charge on any atom is -0.495 e. The summed E-state index contributed by atoms with van der Waals surface area (Å²) in [5.74, 6) is -0.460. The number of rotatable bonds is 3. The number of benzene rings is 2. The van der Waals surface area contributed by atoms with E-state index in [1.54, 1.807) is 42.5 Å². The van der Waals surface area contributed by atoms with Gasteiger partial charge < -0.3 is 14.2 Å². The standard InChI is InChI=1S/C21H15ClN2O5/c1-27-16-7-6-15-13(10-14(18(22)23-15)21-28-8-9-29-21)17(16)24-19(25)11-4-2-3-5-12(11)20(24)26/h2-7,10,21H,8-9H2,1H3. The van der Waals surface area contributed by atoms with Crippen molar-refractivity contribution in [2.45, 2.75) is 6.29 Å². The van der Waals surface area contributed by atoms with Crippen molar-refractivity contribution < 1.29 is 23.8 Å². The lowest BCUT2D eigenvalue weighted by molar-refractivity contribution is -0.0441. The SMILES string of the molecule is COc1ccc2nc(Cl)c(C3OCCO3)cc2c1N1C(=O)c2ccccc2C1=O. The van der Waals surface area contributed by atoms with Crippen molar-refractivity contribution in [3.05, 3.63) is 64.3 Å². The number of nitrogens with zero attached hydrogens (tertiary/aromatic N) is 2. The number of anilines is 1. The summed E-state index contributed by atoms with van der Waals surface area (Å²) in [7, 11) is 1.48. The molecule has 0 saturated carbocycles. The molecule has 8 heteroatoms. The Morgan fingerprint density at radius 1 is 1.07 bits per heavy atom. The number of aromatic nitrogens is 1. The average molecular weight is 411 g/mol. The topological polar surface area (TPSA) is 78.0 Å². The molecule has 146 valence electrons. The summed E-state index contributed by atoms with van der Waals surface area (Å²) in [5, 5.41) is 0.778. The second-order valence-electron chi connectivity index (χ2n) is 6.62. The zero-order chi connectivity index (χ0) is 20.1. The Balaban J connectivity index is 1.75. The molecule has 0 N–H and O–H groups in total. The number of carbonyl (C=O) groups excluding carboxylic acids is 2. The van der Waals surface area contributed by atoms with E-state index in [0.717, 1.165) is 4.90 Å². The van der Waals surface area contributed by atoms with Gasteiger partial charge in [0.25, 0.3) is 11.8 Å². The van der Waals surface area contributed by atoms with Crippen molar-refractivity contribution in [1.82, 2.24) is 4.98 Å². The summed E-state index contributed by atoms with van der Waals surface area (Å²) in [5.41, 5.74) is 2.06. The van der Waals surface area contributed by atoms with Gasteiger partial charge in [-0.15, -0.1) is 0 Å². The second-order valence-corrected chi connectivity index (χ2v) is 6.97. The van der Waals surface area contributed by atoms with Crippen molar-refractivity contribution in [3.8, 4) is 5.75 Å². The summed E-state index contributed by atoms with van der Waals surface area (Å²) in [6, 6.07) is 11.8. The summed E-state index contributed by atoms with van der Waals surface area (Å²) >= 11 is 6.35. The van der Waals surface area contributed by atoms with Crippen LogP contribution in [-0.2, 0) is 9.47 Å². The molecule has 2 amide bonds. The fourth-order valence-electron chi connectivity index (χ4n) is 3.69. The first kappa shape index (κ1) is 18.1. The number of carbonyl (C=O) groups is 2. The number of amides is 2. The first-order chi connectivity index (χ1) is 14.1. The molecule has 0 unspecified atom stereocenters. The predicted octanol–water partition coefficient (Wildman–Crippen LogP) is 3.74. The normalized spacial score (nSPS) is 16.7. The molecule has 0 atom stereocenters. The first-order valence-electron chi connectivity index (χ1n) is 8.98. The molecular formula is C21H15ClN2O5. The number of hydrogen-bond donors (Lipinski definition) is 0. The number of methoxy groups -OCH3 is 1. The third-order valence-corrected chi connectivity index (χ3v) is 5.33. The van der Waals surface area contributed by atoms with Crippen LogP contribution in [0.25, 0.3) is 10.9 Å². The Kier molecular flexibility index (Phi) is 4.24. The molecule has 0 radical (unpaired) electrons. The van der Waals surface area contributed by atoms with Crippen LogP contribution in [0.4, 0.5) is 5.69 Å². The quantitative estimate of drug-likeness (QED) is 0.483. The van der Waals surface area contributed by atoms with E-state index in [1.165, 1.54) is 7.11 Å². The van der Waals surface area contributed by atoms with Gasteiger partial charge >= 0.3 is 0 Å². The van der Waals surface area contributed by atoms with Crippen LogP contribution in [-0.4, -0.2) is 37.1 Å². The highest BCUT2D eigenvalue weighted by Gasteiger charge is 2.39. The number of halogens is 1. The molecule has 0 aliphatic carbocycles. The largest absolute Gasteiger partial charge is 0.495 e. The van der Waals surface area contributed by atoms with Gasteiger partial charge in [0, 0.05) is 10.9 Å². The van der Waals surface area contributed by atoms with Crippen LogP contribution in [0.3, 0.4) is 0 Å². The molecule has 5 rings (SSSR count). The highest BCUT2D eigenvalue weighted by molar-refractivity contribution is 6.36. The maximum atomic E-state index is 13.1. The van der Waals surface area contributed by atoms with Crippen molar-refractivity contribution in [2.24, 2.45) is 0 Å². The maximum absolute atomic E-state index is 13.1. The van der Waals surface area contributed by atoms with Crippen LogP contribution in [0, 0.1) is 0 Å². The van der Waals surface area contributed by atoms with Gasteiger partial charge in [-0.05, 0) is 30.3 Å². The molecule has 2 aromatic carbocycles. The molecule has 0 bridgehead atoms. The van der Waals surface area contributed by atoms with Gasteiger partial charge in [-0.1, -0.05) is 23.7 Å². The molecule has 3 heterocycles. The molecule has 2 aliphatic heterocycles. The fourth-order valence-corrected chi connectivity index (χ4v) is 3.93. The number of pyridine rings is 1. The minimum absolute atomic E-state index is 0.239. The van der Waals surface area contributed by atoms with E-state index in [4.69, 9.17) is 25.8 Å². The predicted molar refractivity (Wildman–Crippen MR) is 106 cm³/mol. The number of imide groups is 1. The summed E-state index contributed by atoms with van der Waals surface area (Å²) in [6.07, 6.45) is -0.652. The van der Waals surface area contributed by atoms with Crippen LogP contribution >= 0.6 is 11.6 Å². The van der Waals surface area contributed by atoms with Gasteiger partial charge in [-0.25, -0.2) is 9.88 Å². The lowest BCUT2D eigenvalue weighted by Gasteiger charge is -2.21. The first-order valence-corrected chi connectivity index (χ1v) is 9.36. The lowest BCUT2D eigenvalue weighted by Crippen LogP contribution is -2.30. The van der Waals surface area contributed by atoms with E-state index in [-0.39, 0.29) is 5.15 Å². The van der Waals surface area contributed by atoms with Gasteiger partial charge in [0.2, 0.25) is 0 Å². The van der Waals surface area contributed by atoms with E-state index < -0.39 is 18.1 Å². The van der Waals surface area contributed by atoms with Crippen LogP contribution < -0.4 is 9.64 Å². The molecule has 1 saturated heterocycles. The zero-order valence-electron chi connectivity index (χ0n) is 15.3. The van der Waals surface area contributed by atoms with Gasteiger partial charge in [-0.3, -0.25) is 9.59 Å². The number of fused-ring (bicyclic) bond motifs is 2. The Morgan fingerprint density at radius 2 is 1.72 bits per heavy atom. The highest BCUT2D eigenvalue weighted by Crippen LogP contribution is 2.42. The van der Waals surface area contributed by atoms with Gasteiger partial charge in [0.15, 0.2) is 6.29 Å². The lowest BCUT2D eigenvalue weighted by atomic mass is 10.1. The maximum Gasteiger partial charge on any atom is 0.266 e. The second kappa shape index (κ2) is 6.81. The van der Waals surface area contributed by atoms with E-state index >= 15 is 0 Å². The number of hydrogen-bond acceptors (Lipinski definition) is 6. The smallest absolute Gasteiger partial charge is 0.266 e. The Labute approximate surface area is 170 Å². The third kappa shape index (κ3) is 2.70. The molecular weight excluding hydrogens is 396 g/mol. The third-order valence-electron chi connectivity index (χ3n) is 5.03. The Bertz CT molecular complexity index is 1140. The molecule has 2 aliphatic rings. The molecule has 1 aromatic heterocycles. The van der Waals surface area contributed by atoms with Crippen LogP contribution in [0.5, 0.6) is 5.75 Å². The van der Waals surface area contributed by atoms with Crippen molar-refractivity contribution in [1.29, 1.82) is 0 Å². The molecule has 7 nitrogen and oxygen atoms in total. The fraction of sp³-hybridized carbons (Fsp3) is 0.190.